The van der Waals surface area contributed by atoms with Gasteiger partial charge in [0.25, 0.3) is 0 Å². The van der Waals surface area contributed by atoms with Gasteiger partial charge in [-0.25, -0.2) is 4.79 Å². The number of ether oxygens (including phenoxy) is 1. The molecule has 5 heteroatoms. The summed E-state index contributed by atoms with van der Waals surface area (Å²) in [5.41, 5.74) is 1.33. The molecule has 0 spiro atoms. The lowest BCUT2D eigenvalue weighted by atomic mass is 10.2. The number of urea groups is 1. The Hall–Kier alpha value is -1.59. The first-order chi connectivity index (χ1) is 11.3. The molecule has 23 heavy (non-hydrogen) atoms. The average molecular weight is 317 g/mol. The maximum Gasteiger partial charge on any atom is 0.317 e. The number of hydrogen-bond donors (Lipinski definition) is 1. The van der Waals surface area contributed by atoms with Crippen molar-refractivity contribution >= 4 is 6.03 Å². The summed E-state index contributed by atoms with van der Waals surface area (Å²) in [6.45, 7) is 6.01. The summed E-state index contributed by atoms with van der Waals surface area (Å²) in [7, 11) is 0. The van der Waals surface area contributed by atoms with Gasteiger partial charge in [0, 0.05) is 45.9 Å². The van der Waals surface area contributed by atoms with E-state index in [0.29, 0.717) is 6.54 Å². The zero-order chi connectivity index (χ0) is 15.9. The fourth-order valence-electron chi connectivity index (χ4n) is 3.31. The third-order valence-corrected chi connectivity index (χ3v) is 4.56. The molecular weight excluding hydrogens is 290 g/mol. The SMILES string of the molecule is O=C(NC[C@@H]1CN(Cc2ccccc2)CCCO1)N1CCCC1. The summed E-state index contributed by atoms with van der Waals surface area (Å²) < 4.78 is 5.91. The van der Waals surface area contributed by atoms with Gasteiger partial charge in [-0.05, 0) is 24.8 Å². The molecule has 2 fully saturated rings. The Morgan fingerprint density at radius 3 is 2.70 bits per heavy atom. The van der Waals surface area contributed by atoms with E-state index in [2.05, 4.69) is 34.5 Å². The molecule has 1 atom stereocenters. The van der Waals surface area contributed by atoms with E-state index >= 15 is 0 Å². The second-order valence-electron chi connectivity index (χ2n) is 6.45. The van der Waals surface area contributed by atoms with E-state index in [1.807, 2.05) is 11.0 Å². The number of nitrogens with one attached hydrogen (secondary N) is 1. The number of nitrogens with zero attached hydrogens (tertiary/aromatic N) is 2. The van der Waals surface area contributed by atoms with Gasteiger partial charge in [-0.1, -0.05) is 30.3 Å². The van der Waals surface area contributed by atoms with Crippen molar-refractivity contribution < 1.29 is 9.53 Å². The molecule has 0 aliphatic carbocycles. The number of hydrogen-bond acceptors (Lipinski definition) is 3. The Kier molecular flexibility index (Phi) is 5.88. The quantitative estimate of drug-likeness (QED) is 0.925. The molecule has 3 rings (SSSR count). The number of amides is 2. The van der Waals surface area contributed by atoms with Crippen molar-refractivity contribution in [2.45, 2.75) is 31.9 Å². The number of carbonyl (C=O) groups is 1. The van der Waals surface area contributed by atoms with Crippen LogP contribution in [0.1, 0.15) is 24.8 Å². The molecule has 2 saturated heterocycles. The molecule has 1 N–H and O–H groups in total. The summed E-state index contributed by atoms with van der Waals surface area (Å²) in [6.07, 6.45) is 3.37. The molecule has 2 aliphatic heterocycles. The molecule has 2 heterocycles. The van der Waals surface area contributed by atoms with E-state index in [9.17, 15) is 4.79 Å². The maximum atomic E-state index is 12.1. The van der Waals surface area contributed by atoms with Crippen molar-refractivity contribution in [3.63, 3.8) is 0 Å². The van der Waals surface area contributed by atoms with Crippen LogP contribution in [-0.2, 0) is 11.3 Å². The Morgan fingerprint density at radius 1 is 1.13 bits per heavy atom. The van der Waals surface area contributed by atoms with E-state index in [1.165, 1.54) is 5.56 Å². The highest BCUT2D eigenvalue weighted by Gasteiger charge is 2.22. The van der Waals surface area contributed by atoms with Crippen LogP contribution < -0.4 is 5.32 Å². The van der Waals surface area contributed by atoms with Crippen molar-refractivity contribution in [2.24, 2.45) is 0 Å². The molecule has 5 nitrogen and oxygen atoms in total. The third kappa shape index (κ3) is 4.94. The lowest BCUT2D eigenvalue weighted by molar-refractivity contribution is 0.0542. The van der Waals surface area contributed by atoms with Crippen LogP contribution in [0.25, 0.3) is 0 Å². The first-order valence-electron chi connectivity index (χ1n) is 8.72. The minimum absolute atomic E-state index is 0.0601. The summed E-state index contributed by atoms with van der Waals surface area (Å²) in [5, 5.41) is 3.04. The summed E-state index contributed by atoms with van der Waals surface area (Å²) in [5.74, 6) is 0. The molecule has 1 aromatic carbocycles. The molecule has 0 unspecified atom stereocenters. The van der Waals surface area contributed by atoms with Crippen molar-refractivity contribution in [1.29, 1.82) is 0 Å². The lowest BCUT2D eigenvalue weighted by Gasteiger charge is -2.25. The van der Waals surface area contributed by atoms with Crippen LogP contribution in [0.2, 0.25) is 0 Å². The van der Waals surface area contributed by atoms with Crippen molar-refractivity contribution in [3.8, 4) is 0 Å². The Balaban J connectivity index is 1.47. The predicted octanol–water partition coefficient (Wildman–Crippen LogP) is 2.08. The third-order valence-electron chi connectivity index (χ3n) is 4.56. The molecule has 0 radical (unpaired) electrons. The molecule has 0 aromatic heterocycles. The monoisotopic (exact) mass is 317 g/mol. The normalized spacial score (nSPS) is 22.8. The maximum absolute atomic E-state index is 12.1. The largest absolute Gasteiger partial charge is 0.375 e. The van der Waals surface area contributed by atoms with Crippen LogP contribution in [0.3, 0.4) is 0 Å². The number of rotatable bonds is 4. The molecule has 0 saturated carbocycles. The lowest BCUT2D eigenvalue weighted by Crippen LogP contribution is -2.44. The van der Waals surface area contributed by atoms with Crippen LogP contribution >= 0.6 is 0 Å². The smallest absolute Gasteiger partial charge is 0.317 e. The highest BCUT2D eigenvalue weighted by Crippen LogP contribution is 2.11. The summed E-state index contributed by atoms with van der Waals surface area (Å²) in [6, 6.07) is 10.6. The zero-order valence-corrected chi connectivity index (χ0v) is 13.7. The second-order valence-corrected chi connectivity index (χ2v) is 6.45. The molecular formula is C18H27N3O2. The summed E-state index contributed by atoms with van der Waals surface area (Å²) >= 11 is 0. The fraction of sp³-hybridized carbons (Fsp3) is 0.611. The van der Waals surface area contributed by atoms with Gasteiger partial charge in [-0.3, -0.25) is 4.90 Å². The van der Waals surface area contributed by atoms with Crippen LogP contribution in [0, 0.1) is 0 Å². The van der Waals surface area contributed by atoms with Crippen LogP contribution in [0.15, 0.2) is 30.3 Å². The number of likely N-dealkylation sites (tertiary alicyclic amines) is 1. The van der Waals surface area contributed by atoms with Crippen molar-refractivity contribution in [2.75, 3.05) is 39.3 Å². The predicted molar refractivity (Wildman–Crippen MR) is 90.3 cm³/mol. The molecule has 126 valence electrons. The first-order valence-corrected chi connectivity index (χ1v) is 8.72. The van der Waals surface area contributed by atoms with Gasteiger partial charge < -0.3 is 15.0 Å². The van der Waals surface area contributed by atoms with Crippen LogP contribution in [0.4, 0.5) is 4.79 Å². The van der Waals surface area contributed by atoms with Gasteiger partial charge in [0.15, 0.2) is 0 Å². The van der Waals surface area contributed by atoms with Gasteiger partial charge in [0.2, 0.25) is 0 Å². The van der Waals surface area contributed by atoms with E-state index in [1.54, 1.807) is 0 Å². The van der Waals surface area contributed by atoms with E-state index in [-0.39, 0.29) is 12.1 Å². The Bertz CT molecular complexity index is 488. The molecule has 1 aromatic rings. The van der Waals surface area contributed by atoms with Crippen LogP contribution in [0.5, 0.6) is 0 Å². The van der Waals surface area contributed by atoms with Gasteiger partial charge in [-0.15, -0.1) is 0 Å². The highest BCUT2D eigenvalue weighted by atomic mass is 16.5. The number of carbonyl (C=O) groups excluding carboxylic acids is 1. The van der Waals surface area contributed by atoms with Crippen molar-refractivity contribution in [3.05, 3.63) is 35.9 Å². The van der Waals surface area contributed by atoms with Gasteiger partial charge in [-0.2, -0.15) is 0 Å². The van der Waals surface area contributed by atoms with E-state index < -0.39 is 0 Å². The average Bonchev–Trinajstić information content (AvgIpc) is 3.02. The fourth-order valence-corrected chi connectivity index (χ4v) is 3.31. The minimum Gasteiger partial charge on any atom is -0.375 e. The van der Waals surface area contributed by atoms with Gasteiger partial charge >= 0.3 is 6.03 Å². The van der Waals surface area contributed by atoms with E-state index in [4.69, 9.17) is 4.74 Å². The zero-order valence-electron chi connectivity index (χ0n) is 13.7. The summed E-state index contributed by atoms with van der Waals surface area (Å²) in [4.78, 5) is 16.4. The first kappa shape index (κ1) is 16.3. The molecule has 2 aliphatic rings. The second kappa shape index (κ2) is 8.31. The Morgan fingerprint density at radius 2 is 1.91 bits per heavy atom. The minimum atomic E-state index is 0.0601. The molecule has 2 amide bonds. The van der Waals surface area contributed by atoms with E-state index in [0.717, 1.165) is 58.6 Å². The van der Waals surface area contributed by atoms with Crippen molar-refractivity contribution in [1.82, 2.24) is 15.1 Å². The Labute approximate surface area is 138 Å². The number of benzene rings is 1. The standard InChI is InChI=1S/C18H27N3O2/c22-18(21-10-4-5-11-21)19-13-17-15-20(9-6-12-23-17)14-16-7-2-1-3-8-16/h1-3,7-8,17H,4-6,9-15H2,(H,19,22)/t17-/m1/s1. The molecule has 0 bridgehead atoms. The highest BCUT2D eigenvalue weighted by molar-refractivity contribution is 5.74. The van der Waals surface area contributed by atoms with Gasteiger partial charge in [0.1, 0.15) is 0 Å². The van der Waals surface area contributed by atoms with Gasteiger partial charge in [0.05, 0.1) is 6.10 Å². The van der Waals surface area contributed by atoms with Crippen LogP contribution in [-0.4, -0.2) is 61.3 Å². The topological polar surface area (TPSA) is 44.8 Å².